The van der Waals surface area contributed by atoms with Crippen LogP contribution in [0.1, 0.15) is 0 Å². The molecule has 0 heterocycles. The molecular weight excluding hydrogens is 165 g/mol. The molecule has 0 N–H and O–H groups in total. The van der Waals surface area contributed by atoms with Gasteiger partial charge < -0.3 is 0 Å². The van der Waals surface area contributed by atoms with Crippen LogP contribution in [-0.2, 0) is 32.7 Å². The van der Waals surface area contributed by atoms with Crippen LogP contribution in [0.25, 0.3) is 0 Å². The Morgan fingerprint density at radius 1 is 0.400 bits per heavy atom. The van der Waals surface area contributed by atoms with E-state index in [0.29, 0.717) is 0 Å². The van der Waals surface area contributed by atoms with E-state index in [-0.39, 0.29) is 51.5 Å². The van der Waals surface area contributed by atoms with Gasteiger partial charge in [-0.05, 0) is 0 Å². The maximum Gasteiger partial charge on any atom is 0 e. The van der Waals surface area contributed by atoms with Gasteiger partial charge in [-0.1, -0.05) is 0 Å². The van der Waals surface area contributed by atoms with Crippen LogP contribution in [0, 0.1) is 0 Å². The molecule has 0 amide bonds. The molecule has 0 saturated heterocycles. The van der Waals surface area contributed by atoms with Crippen LogP contribution < -0.4 is 0 Å². The number of hydrogen-bond acceptors (Lipinski definition) is 0. The van der Waals surface area contributed by atoms with Crippen molar-refractivity contribution in [3.05, 3.63) is 0 Å². The van der Waals surface area contributed by atoms with E-state index in [1.165, 1.54) is 0 Å². The fourth-order valence-corrected chi connectivity index (χ4v) is 0. The van der Waals surface area contributed by atoms with Gasteiger partial charge in [0.2, 0.25) is 0 Å². The Morgan fingerprint density at radius 2 is 0.400 bits per heavy atom. The predicted molar refractivity (Wildman–Crippen MR) is 10.0 cm³/mol. The first-order valence-corrected chi connectivity index (χ1v) is 0. The van der Waals surface area contributed by atoms with Crippen LogP contribution in [0.2, 0.25) is 0 Å². The summed E-state index contributed by atoms with van der Waals surface area (Å²) in [6, 6.07) is 0. The van der Waals surface area contributed by atoms with Gasteiger partial charge in [0.1, 0.15) is 0 Å². The molecule has 35 valence electrons. The molecule has 0 aromatic heterocycles. The minimum Gasteiger partial charge on any atom is -0.269 e. The molecule has 0 aliphatic heterocycles. The average Bonchev–Trinajstić information content (AvgIpc) is 0. The predicted octanol–water partition coefficient (Wildman–Crippen LogP) is 0.607. The SMILES string of the molecule is F.F.F.F.[Y]. The van der Waals surface area contributed by atoms with E-state index < -0.39 is 0 Å². The molecule has 0 aliphatic carbocycles. The molecule has 0 unspecified atom stereocenters. The minimum absolute atomic E-state index is 0. The molecule has 0 saturated carbocycles. The Labute approximate surface area is 51.7 Å². The van der Waals surface area contributed by atoms with Gasteiger partial charge >= 0.3 is 0 Å². The fraction of sp³-hybridized carbons (Fsp3) is 0. The van der Waals surface area contributed by atoms with Crippen molar-refractivity contribution in [1.29, 1.82) is 0 Å². The van der Waals surface area contributed by atoms with E-state index in [1.807, 2.05) is 0 Å². The zero-order valence-corrected chi connectivity index (χ0v) is 5.05. The second-order valence-electron chi connectivity index (χ2n) is 0. The van der Waals surface area contributed by atoms with Crippen LogP contribution in [0.4, 0.5) is 18.8 Å². The Balaban J connectivity index is 0. The Hall–Kier alpha value is 0.824. The van der Waals surface area contributed by atoms with Gasteiger partial charge in [-0.3, -0.25) is 18.8 Å². The summed E-state index contributed by atoms with van der Waals surface area (Å²) in [4.78, 5) is 0. The standard InChI is InChI=1S/4FH.Y/h4*1H;. The van der Waals surface area contributed by atoms with Crippen molar-refractivity contribution in [2.45, 2.75) is 0 Å². The summed E-state index contributed by atoms with van der Waals surface area (Å²) in [5.74, 6) is 0. The van der Waals surface area contributed by atoms with Crippen molar-refractivity contribution < 1.29 is 51.5 Å². The van der Waals surface area contributed by atoms with Gasteiger partial charge in [0.15, 0.2) is 0 Å². The largest absolute Gasteiger partial charge is 0.269 e. The minimum atomic E-state index is 0. The molecule has 0 aromatic carbocycles. The smallest absolute Gasteiger partial charge is 0 e. The van der Waals surface area contributed by atoms with Crippen molar-refractivity contribution in [3.63, 3.8) is 0 Å². The molecule has 5 heteroatoms. The summed E-state index contributed by atoms with van der Waals surface area (Å²) >= 11 is 0. The Bertz CT molecular complexity index is 3.61. The summed E-state index contributed by atoms with van der Waals surface area (Å²) in [6.07, 6.45) is 0. The van der Waals surface area contributed by atoms with Crippen molar-refractivity contribution in [1.82, 2.24) is 0 Å². The maximum absolute atomic E-state index is 0. The van der Waals surface area contributed by atoms with E-state index in [2.05, 4.69) is 0 Å². The average molecular weight is 169 g/mol. The second kappa shape index (κ2) is 104. The van der Waals surface area contributed by atoms with Gasteiger partial charge in [0.25, 0.3) is 0 Å². The molecule has 0 spiro atoms. The summed E-state index contributed by atoms with van der Waals surface area (Å²) in [5, 5.41) is 0. The van der Waals surface area contributed by atoms with Gasteiger partial charge in [-0.2, -0.15) is 0 Å². The topological polar surface area (TPSA) is 0 Å². The third-order valence-corrected chi connectivity index (χ3v) is 0. The normalized spacial score (nSPS) is 0. The third kappa shape index (κ3) is 56.7. The molecule has 0 rings (SSSR count). The first-order valence-electron chi connectivity index (χ1n) is 0. The molecule has 0 fully saturated rings. The summed E-state index contributed by atoms with van der Waals surface area (Å²) < 4.78 is 0. The number of rotatable bonds is 0. The van der Waals surface area contributed by atoms with Gasteiger partial charge in [-0.25, -0.2) is 0 Å². The van der Waals surface area contributed by atoms with Gasteiger partial charge in [-0.15, -0.1) is 0 Å². The van der Waals surface area contributed by atoms with Gasteiger partial charge in [0, 0.05) is 32.7 Å². The number of halogens is 4. The second-order valence-corrected chi connectivity index (χ2v) is 0. The first kappa shape index (κ1) is 200. The van der Waals surface area contributed by atoms with E-state index >= 15 is 0 Å². The van der Waals surface area contributed by atoms with E-state index in [4.69, 9.17) is 0 Å². The van der Waals surface area contributed by atoms with Crippen molar-refractivity contribution >= 4 is 0 Å². The molecule has 0 aromatic rings. The fourth-order valence-electron chi connectivity index (χ4n) is 0. The first-order chi connectivity index (χ1) is 0. The third-order valence-electron chi connectivity index (χ3n) is 0. The van der Waals surface area contributed by atoms with Gasteiger partial charge in [0.05, 0.1) is 0 Å². The molecule has 5 heavy (non-hydrogen) atoms. The van der Waals surface area contributed by atoms with E-state index in [1.54, 1.807) is 0 Å². The molecule has 0 bridgehead atoms. The quantitative estimate of drug-likeness (QED) is 0.466. The molecule has 1 radical (unpaired) electrons. The molecule has 0 nitrogen and oxygen atoms in total. The molecule has 0 aliphatic rings. The summed E-state index contributed by atoms with van der Waals surface area (Å²) in [7, 11) is 0. The van der Waals surface area contributed by atoms with E-state index in [0.717, 1.165) is 0 Å². The van der Waals surface area contributed by atoms with Crippen LogP contribution in [0.3, 0.4) is 0 Å². The Kier molecular flexibility index (Phi) is 4150. The van der Waals surface area contributed by atoms with Crippen molar-refractivity contribution in [2.24, 2.45) is 0 Å². The summed E-state index contributed by atoms with van der Waals surface area (Å²) in [5.41, 5.74) is 0. The van der Waals surface area contributed by atoms with E-state index in [9.17, 15) is 0 Å². The Morgan fingerprint density at radius 3 is 0.400 bits per heavy atom. The van der Waals surface area contributed by atoms with Crippen LogP contribution in [0.5, 0.6) is 0 Å². The zero-order valence-electron chi connectivity index (χ0n) is 2.21. The summed E-state index contributed by atoms with van der Waals surface area (Å²) in [6.45, 7) is 0. The maximum atomic E-state index is 0. The molecule has 0 atom stereocenters. The molecular formula is H4F4Y. The van der Waals surface area contributed by atoms with Crippen molar-refractivity contribution in [3.8, 4) is 0 Å². The van der Waals surface area contributed by atoms with Crippen LogP contribution >= 0.6 is 0 Å². The van der Waals surface area contributed by atoms with Crippen LogP contribution in [-0.4, -0.2) is 0 Å². The van der Waals surface area contributed by atoms with Crippen molar-refractivity contribution in [2.75, 3.05) is 0 Å². The van der Waals surface area contributed by atoms with Crippen LogP contribution in [0.15, 0.2) is 0 Å². The number of hydrogen-bond donors (Lipinski definition) is 0. The monoisotopic (exact) mass is 169 g/mol. The zero-order chi connectivity index (χ0) is 0.